The molecule has 0 radical (unpaired) electrons. The van der Waals surface area contributed by atoms with E-state index in [4.69, 9.17) is 16.3 Å². The second kappa shape index (κ2) is 8.05. The van der Waals surface area contributed by atoms with Crippen molar-refractivity contribution in [3.63, 3.8) is 0 Å². The SMILES string of the molecule is CC(C)CNCc1cc(Cl)ccc1OC1CCCC(C)C1. The van der Waals surface area contributed by atoms with E-state index in [2.05, 4.69) is 26.1 Å². The molecule has 1 aromatic carbocycles. The molecule has 2 unspecified atom stereocenters. The Kier molecular flexibility index (Phi) is 6.38. The largest absolute Gasteiger partial charge is 0.490 e. The summed E-state index contributed by atoms with van der Waals surface area (Å²) in [6.07, 6.45) is 5.32. The molecule has 21 heavy (non-hydrogen) atoms. The van der Waals surface area contributed by atoms with Gasteiger partial charge in [0.15, 0.2) is 0 Å². The van der Waals surface area contributed by atoms with Crippen LogP contribution in [0.4, 0.5) is 0 Å². The molecule has 1 N–H and O–H groups in total. The zero-order valence-electron chi connectivity index (χ0n) is 13.5. The predicted octanol–water partition coefficient (Wildman–Crippen LogP) is 5.04. The van der Waals surface area contributed by atoms with Crippen molar-refractivity contribution in [1.29, 1.82) is 0 Å². The lowest BCUT2D eigenvalue weighted by Gasteiger charge is -2.28. The first-order valence-corrected chi connectivity index (χ1v) is 8.58. The molecule has 2 atom stereocenters. The van der Waals surface area contributed by atoms with Gasteiger partial charge in [-0.3, -0.25) is 0 Å². The molecule has 0 aliphatic heterocycles. The number of ether oxygens (including phenoxy) is 1. The maximum Gasteiger partial charge on any atom is 0.124 e. The van der Waals surface area contributed by atoms with Crippen LogP contribution in [0.2, 0.25) is 5.02 Å². The summed E-state index contributed by atoms with van der Waals surface area (Å²) < 4.78 is 6.27. The van der Waals surface area contributed by atoms with Gasteiger partial charge in [-0.15, -0.1) is 0 Å². The maximum atomic E-state index is 6.27. The van der Waals surface area contributed by atoms with Gasteiger partial charge in [0.25, 0.3) is 0 Å². The minimum atomic E-state index is 0.360. The summed E-state index contributed by atoms with van der Waals surface area (Å²) in [5.74, 6) is 2.42. The van der Waals surface area contributed by atoms with E-state index < -0.39 is 0 Å². The fraction of sp³-hybridized carbons (Fsp3) is 0.667. The molecule has 1 aliphatic carbocycles. The highest BCUT2D eigenvalue weighted by Crippen LogP contribution is 2.30. The van der Waals surface area contributed by atoms with Crippen molar-refractivity contribution in [2.75, 3.05) is 6.54 Å². The summed E-state index contributed by atoms with van der Waals surface area (Å²) >= 11 is 6.14. The van der Waals surface area contributed by atoms with E-state index >= 15 is 0 Å². The van der Waals surface area contributed by atoms with Crippen LogP contribution in [0.5, 0.6) is 5.75 Å². The Morgan fingerprint density at radius 3 is 2.86 bits per heavy atom. The minimum absolute atomic E-state index is 0.360. The molecule has 0 heterocycles. The van der Waals surface area contributed by atoms with Gasteiger partial charge in [-0.2, -0.15) is 0 Å². The smallest absolute Gasteiger partial charge is 0.124 e. The van der Waals surface area contributed by atoms with Crippen LogP contribution >= 0.6 is 11.6 Å². The van der Waals surface area contributed by atoms with Gasteiger partial charge >= 0.3 is 0 Å². The summed E-state index contributed by atoms with van der Waals surface area (Å²) in [4.78, 5) is 0. The average Bonchev–Trinajstić information content (AvgIpc) is 2.41. The number of nitrogens with one attached hydrogen (secondary N) is 1. The molecule has 1 saturated carbocycles. The molecule has 1 aliphatic rings. The number of benzene rings is 1. The molecule has 0 saturated heterocycles. The van der Waals surface area contributed by atoms with Crippen LogP contribution in [-0.4, -0.2) is 12.6 Å². The summed E-state index contributed by atoms with van der Waals surface area (Å²) in [6.45, 7) is 8.57. The van der Waals surface area contributed by atoms with Gasteiger partial charge in [0.1, 0.15) is 5.75 Å². The first-order valence-electron chi connectivity index (χ1n) is 8.20. The van der Waals surface area contributed by atoms with Crippen LogP contribution in [-0.2, 0) is 6.54 Å². The van der Waals surface area contributed by atoms with E-state index in [-0.39, 0.29) is 0 Å². The van der Waals surface area contributed by atoms with Crippen molar-refractivity contribution in [3.05, 3.63) is 28.8 Å². The van der Waals surface area contributed by atoms with Crippen molar-refractivity contribution in [1.82, 2.24) is 5.32 Å². The molecule has 0 amide bonds. The monoisotopic (exact) mass is 309 g/mol. The zero-order valence-corrected chi connectivity index (χ0v) is 14.2. The number of hydrogen-bond donors (Lipinski definition) is 1. The van der Waals surface area contributed by atoms with Gasteiger partial charge in [0.2, 0.25) is 0 Å². The van der Waals surface area contributed by atoms with Crippen LogP contribution in [0, 0.1) is 11.8 Å². The van der Waals surface area contributed by atoms with Gasteiger partial charge in [-0.1, -0.05) is 38.8 Å². The summed E-state index contributed by atoms with van der Waals surface area (Å²) in [6, 6.07) is 5.97. The fourth-order valence-corrected chi connectivity index (χ4v) is 3.16. The van der Waals surface area contributed by atoms with E-state index in [1.54, 1.807) is 0 Å². The quantitative estimate of drug-likeness (QED) is 0.794. The van der Waals surface area contributed by atoms with Crippen molar-refractivity contribution in [3.8, 4) is 5.75 Å². The molecule has 1 aromatic rings. The van der Waals surface area contributed by atoms with Crippen LogP contribution in [0.15, 0.2) is 18.2 Å². The van der Waals surface area contributed by atoms with Gasteiger partial charge < -0.3 is 10.1 Å². The molecular formula is C18H28ClNO. The Labute approximate surface area is 134 Å². The van der Waals surface area contributed by atoms with Crippen LogP contribution < -0.4 is 10.1 Å². The van der Waals surface area contributed by atoms with Crippen molar-refractivity contribution in [2.24, 2.45) is 11.8 Å². The molecule has 0 aromatic heterocycles. The molecule has 2 rings (SSSR count). The zero-order chi connectivity index (χ0) is 15.2. The molecular weight excluding hydrogens is 282 g/mol. The Hall–Kier alpha value is -0.730. The Morgan fingerprint density at radius 2 is 2.14 bits per heavy atom. The third-order valence-corrected chi connectivity index (χ3v) is 4.31. The third-order valence-electron chi connectivity index (χ3n) is 4.07. The van der Waals surface area contributed by atoms with Crippen LogP contribution in [0.3, 0.4) is 0 Å². The van der Waals surface area contributed by atoms with Gasteiger partial charge in [-0.05, 0) is 55.8 Å². The highest BCUT2D eigenvalue weighted by Gasteiger charge is 2.21. The highest BCUT2D eigenvalue weighted by atomic mass is 35.5. The maximum absolute atomic E-state index is 6.27. The standard InChI is InChI=1S/C18H28ClNO/c1-13(2)11-20-12-15-10-16(19)7-8-18(15)21-17-6-4-5-14(3)9-17/h7-8,10,13-14,17,20H,4-6,9,11-12H2,1-3H3. The highest BCUT2D eigenvalue weighted by molar-refractivity contribution is 6.30. The molecule has 0 bridgehead atoms. The normalized spacial score (nSPS) is 22.5. The van der Waals surface area contributed by atoms with Crippen molar-refractivity contribution < 1.29 is 4.74 Å². The first-order chi connectivity index (χ1) is 10.0. The lowest BCUT2D eigenvalue weighted by atomic mass is 9.88. The van der Waals surface area contributed by atoms with Gasteiger partial charge in [0.05, 0.1) is 6.10 Å². The summed E-state index contributed by atoms with van der Waals surface area (Å²) in [5, 5.41) is 4.25. The molecule has 3 heteroatoms. The average molecular weight is 310 g/mol. The third kappa shape index (κ3) is 5.52. The molecule has 118 valence electrons. The number of hydrogen-bond acceptors (Lipinski definition) is 2. The lowest BCUT2D eigenvalue weighted by Crippen LogP contribution is -2.25. The number of halogens is 1. The minimum Gasteiger partial charge on any atom is -0.490 e. The van der Waals surface area contributed by atoms with Crippen molar-refractivity contribution in [2.45, 2.75) is 59.1 Å². The lowest BCUT2D eigenvalue weighted by molar-refractivity contribution is 0.128. The van der Waals surface area contributed by atoms with E-state index in [0.717, 1.165) is 29.8 Å². The Morgan fingerprint density at radius 1 is 1.33 bits per heavy atom. The molecule has 0 spiro atoms. The second-order valence-electron chi connectivity index (χ2n) is 6.79. The molecule has 2 nitrogen and oxygen atoms in total. The summed E-state index contributed by atoms with van der Waals surface area (Å²) in [7, 11) is 0. The van der Waals surface area contributed by atoms with Gasteiger partial charge in [-0.25, -0.2) is 0 Å². The second-order valence-corrected chi connectivity index (χ2v) is 7.22. The van der Waals surface area contributed by atoms with E-state index in [0.29, 0.717) is 12.0 Å². The van der Waals surface area contributed by atoms with Crippen LogP contribution in [0.25, 0.3) is 0 Å². The predicted molar refractivity (Wildman–Crippen MR) is 90.0 cm³/mol. The van der Waals surface area contributed by atoms with E-state index in [1.807, 2.05) is 18.2 Å². The van der Waals surface area contributed by atoms with Crippen molar-refractivity contribution >= 4 is 11.6 Å². The van der Waals surface area contributed by atoms with E-state index in [1.165, 1.54) is 31.2 Å². The molecule has 1 fully saturated rings. The Bertz CT molecular complexity index is 447. The van der Waals surface area contributed by atoms with E-state index in [9.17, 15) is 0 Å². The van der Waals surface area contributed by atoms with Gasteiger partial charge in [0, 0.05) is 17.1 Å². The fourth-order valence-electron chi connectivity index (χ4n) is 2.96. The summed E-state index contributed by atoms with van der Waals surface area (Å²) in [5.41, 5.74) is 1.17. The topological polar surface area (TPSA) is 21.3 Å². The van der Waals surface area contributed by atoms with Crippen LogP contribution in [0.1, 0.15) is 52.0 Å². The number of rotatable bonds is 6. The first kappa shape index (κ1) is 16.6. The Balaban J connectivity index is 2.00.